The number of methoxy groups -OCH3 is 1. The molecule has 0 spiro atoms. The lowest BCUT2D eigenvalue weighted by atomic mass is 10.4. The van der Waals surface area contributed by atoms with E-state index < -0.39 is 5.97 Å². The molecule has 0 amide bonds. The Kier molecular flexibility index (Phi) is 132. The standard InChI is InChI=1S/C95H188O47/c1-94(2)95(96)142-93-92-141-91-90-140-89-88-139-87-86-138-85-84-137-83-82-136-81-80-135-79-78-134-77-76-133-75-74-132-73-72-131-71-70-130-69-68-129-67-66-128-65-64-127-63-62-126-61-60-125-59-58-124-57-56-123-55-54-122-53-52-121-51-50-120-49-48-119-47-46-118-45-44-117-43-42-116-41-40-115-39-38-114-37-36-113-35-34-112-33-32-111-31-30-110-29-28-109-27-26-108-25-24-107-23-22-106-21-20-105-19-18-104-17-16-103-15-14-102-13-12-101-11-10-100-9-8-99-7-6-98-5-4-97-3/h1,4-93H2,2-3H3. The summed E-state index contributed by atoms with van der Waals surface area (Å²) in [7, 11) is 1.64. The zero-order valence-corrected chi connectivity index (χ0v) is 86.5. The number of hydrogen-bond acceptors (Lipinski definition) is 47. The van der Waals surface area contributed by atoms with Gasteiger partial charge in [0.15, 0.2) is 0 Å². The number of ether oxygens (including phenoxy) is 46. The van der Waals surface area contributed by atoms with Crippen LogP contribution in [0.2, 0.25) is 0 Å². The van der Waals surface area contributed by atoms with E-state index in [2.05, 4.69) is 6.58 Å². The van der Waals surface area contributed by atoms with Crippen LogP contribution in [0.15, 0.2) is 12.2 Å². The molecular formula is C95H188O47. The van der Waals surface area contributed by atoms with Gasteiger partial charge in [-0.2, -0.15) is 0 Å². The molecule has 0 aromatic heterocycles. The number of carbonyl (C=O) groups excluding carboxylic acids is 1. The Morgan fingerprint density at radius 2 is 0.169 bits per heavy atom. The fraction of sp³-hybridized carbons (Fsp3) is 0.968. The Hall–Kier alpha value is -2.59. The van der Waals surface area contributed by atoms with Crippen LogP contribution in [0, 0.1) is 0 Å². The van der Waals surface area contributed by atoms with Crippen molar-refractivity contribution in [3.05, 3.63) is 12.2 Å². The normalized spacial score (nSPS) is 11.8. The van der Waals surface area contributed by atoms with Crippen molar-refractivity contribution in [3.63, 3.8) is 0 Å². The molecule has 47 heteroatoms. The predicted octanol–water partition coefficient (Wildman–Crippen LogP) is 1.48. The minimum absolute atomic E-state index is 0.187. The van der Waals surface area contributed by atoms with E-state index in [1.165, 1.54) is 0 Å². The van der Waals surface area contributed by atoms with Crippen LogP contribution < -0.4 is 0 Å². The Bertz CT molecular complexity index is 2060. The molecule has 0 aromatic rings. The lowest BCUT2D eigenvalue weighted by Crippen LogP contribution is -2.16. The second-order valence-electron chi connectivity index (χ2n) is 28.9. The molecule has 0 aromatic carbocycles. The van der Waals surface area contributed by atoms with Crippen molar-refractivity contribution in [3.8, 4) is 0 Å². The van der Waals surface area contributed by atoms with Crippen molar-refractivity contribution in [2.75, 3.05) is 602 Å². The molecule has 0 N–H and O–H groups in total. The zero-order chi connectivity index (χ0) is 101. The number of hydrogen-bond donors (Lipinski definition) is 0. The van der Waals surface area contributed by atoms with Gasteiger partial charge < -0.3 is 218 Å². The molecule has 47 nitrogen and oxygen atoms in total. The van der Waals surface area contributed by atoms with E-state index in [4.69, 9.17) is 218 Å². The molecule has 0 unspecified atom stereocenters. The Balaban J connectivity index is 3.11. The largest absolute Gasteiger partial charge is 0.460 e. The maximum Gasteiger partial charge on any atom is 0.333 e. The zero-order valence-electron chi connectivity index (χ0n) is 86.5. The molecule has 0 heterocycles. The van der Waals surface area contributed by atoms with Crippen LogP contribution in [0.25, 0.3) is 0 Å². The van der Waals surface area contributed by atoms with Gasteiger partial charge in [-0.3, -0.25) is 0 Å². The summed E-state index contributed by atoms with van der Waals surface area (Å²) < 4.78 is 253. The van der Waals surface area contributed by atoms with Crippen molar-refractivity contribution in [1.29, 1.82) is 0 Å². The van der Waals surface area contributed by atoms with Crippen LogP contribution in [0.3, 0.4) is 0 Å². The quantitative estimate of drug-likeness (QED) is 0.0473. The van der Waals surface area contributed by atoms with Crippen LogP contribution in [0.4, 0.5) is 0 Å². The highest BCUT2D eigenvalue weighted by atomic mass is 16.7. The number of carbonyl (C=O) groups is 1. The summed E-state index contributed by atoms with van der Waals surface area (Å²) in [5, 5.41) is 0. The van der Waals surface area contributed by atoms with Gasteiger partial charge >= 0.3 is 5.97 Å². The fourth-order valence-corrected chi connectivity index (χ4v) is 10.0. The van der Waals surface area contributed by atoms with Gasteiger partial charge in [0.1, 0.15) is 6.61 Å². The van der Waals surface area contributed by atoms with E-state index in [1.807, 2.05) is 0 Å². The molecule has 0 aliphatic heterocycles. The van der Waals surface area contributed by atoms with E-state index >= 15 is 0 Å². The molecule has 0 bridgehead atoms. The number of esters is 1. The van der Waals surface area contributed by atoms with Gasteiger partial charge in [-0.25, -0.2) is 4.79 Å². The van der Waals surface area contributed by atoms with Crippen LogP contribution >= 0.6 is 0 Å². The maximum absolute atomic E-state index is 11.3. The van der Waals surface area contributed by atoms with Gasteiger partial charge in [0.05, 0.1) is 588 Å². The molecule has 0 saturated carbocycles. The summed E-state index contributed by atoms with van der Waals surface area (Å²) in [6.45, 7) is 47.7. The van der Waals surface area contributed by atoms with Gasteiger partial charge in [-0.05, 0) is 6.92 Å². The van der Waals surface area contributed by atoms with Crippen molar-refractivity contribution < 1.29 is 223 Å². The van der Waals surface area contributed by atoms with Crippen molar-refractivity contribution >= 4 is 5.97 Å². The Labute approximate surface area is 846 Å². The summed E-state index contributed by atoms with van der Waals surface area (Å²) in [5.41, 5.74) is 0.361. The predicted molar refractivity (Wildman–Crippen MR) is 514 cm³/mol. The summed E-state index contributed by atoms with van der Waals surface area (Å²) in [6, 6.07) is 0. The molecule has 0 radical (unpaired) electrons. The first-order valence-electron chi connectivity index (χ1n) is 50.4. The van der Waals surface area contributed by atoms with Crippen molar-refractivity contribution in [2.45, 2.75) is 6.92 Å². The van der Waals surface area contributed by atoms with E-state index in [0.717, 1.165) is 0 Å². The fourth-order valence-electron chi connectivity index (χ4n) is 10.0. The van der Waals surface area contributed by atoms with Crippen molar-refractivity contribution in [2.24, 2.45) is 0 Å². The minimum atomic E-state index is -0.422. The van der Waals surface area contributed by atoms with Crippen LogP contribution in [0.1, 0.15) is 6.92 Å². The average molecular weight is 2080 g/mol. The van der Waals surface area contributed by atoms with E-state index in [9.17, 15) is 4.79 Å². The monoisotopic (exact) mass is 2080 g/mol. The molecule has 0 rings (SSSR count). The van der Waals surface area contributed by atoms with Crippen molar-refractivity contribution in [1.82, 2.24) is 0 Å². The maximum atomic E-state index is 11.3. The molecule has 0 saturated heterocycles. The number of rotatable bonds is 136. The first-order chi connectivity index (χ1) is 70.7. The molecule has 850 valence electrons. The highest BCUT2D eigenvalue weighted by Crippen LogP contribution is 1.99. The minimum Gasteiger partial charge on any atom is -0.460 e. The van der Waals surface area contributed by atoms with Crippen LogP contribution in [-0.2, 0) is 223 Å². The molecular weight excluding hydrogens is 1890 g/mol. The van der Waals surface area contributed by atoms with E-state index in [1.54, 1.807) is 14.0 Å². The smallest absolute Gasteiger partial charge is 0.333 e. The average Bonchev–Trinajstić information content (AvgIpc) is 1.01. The van der Waals surface area contributed by atoms with Gasteiger partial charge in [0.2, 0.25) is 0 Å². The lowest BCUT2D eigenvalue weighted by Gasteiger charge is -2.09. The lowest BCUT2D eigenvalue weighted by molar-refractivity contribution is -0.140. The summed E-state index contributed by atoms with van der Waals surface area (Å²) >= 11 is 0. The highest BCUT2D eigenvalue weighted by Gasteiger charge is 2.08. The van der Waals surface area contributed by atoms with E-state index in [-0.39, 0.29) is 6.61 Å². The molecule has 142 heavy (non-hydrogen) atoms. The molecule has 0 aliphatic rings. The van der Waals surface area contributed by atoms with E-state index in [0.29, 0.717) is 594 Å². The van der Waals surface area contributed by atoms with Gasteiger partial charge in [0, 0.05) is 12.7 Å². The summed E-state index contributed by atoms with van der Waals surface area (Å²) in [6.07, 6.45) is 0. The Morgan fingerprint density at radius 3 is 0.225 bits per heavy atom. The second kappa shape index (κ2) is 134. The van der Waals surface area contributed by atoms with Crippen LogP contribution in [-0.4, -0.2) is 608 Å². The van der Waals surface area contributed by atoms with Gasteiger partial charge in [0.25, 0.3) is 0 Å². The van der Waals surface area contributed by atoms with Gasteiger partial charge in [-0.15, -0.1) is 0 Å². The summed E-state index contributed by atoms with van der Waals surface area (Å²) in [4.78, 5) is 11.3. The second-order valence-corrected chi connectivity index (χ2v) is 28.9. The highest BCUT2D eigenvalue weighted by molar-refractivity contribution is 5.86. The third kappa shape index (κ3) is 133. The first-order valence-corrected chi connectivity index (χ1v) is 50.4. The van der Waals surface area contributed by atoms with Gasteiger partial charge in [-0.1, -0.05) is 6.58 Å². The van der Waals surface area contributed by atoms with Crippen LogP contribution in [0.5, 0.6) is 0 Å². The summed E-state index contributed by atoms with van der Waals surface area (Å²) in [5.74, 6) is -0.422. The molecule has 0 fully saturated rings. The third-order valence-electron chi connectivity index (χ3n) is 17.2. The SMILES string of the molecule is C=C(C)C(=O)OCCOCCOCCOCCOCCOCCOCCOCCOCCOCCOCCOCCOCCOCCOCCOCCOCCOCCOCCOCCOCCOCCOCCOCCOCCOCCOCCOCCOCCOCCOCCOCCOCCOCCOCCOCCOCCOCCOCCOCCOCCOCCOCCOCCOCCOC. The third-order valence-corrected chi connectivity index (χ3v) is 17.2. The molecule has 0 atom stereocenters. The molecule has 0 aliphatic carbocycles. The topological polar surface area (TPSA) is 442 Å². The Morgan fingerprint density at radius 1 is 0.113 bits per heavy atom. The first kappa shape index (κ1) is 139.